The van der Waals surface area contributed by atoms with Gasteiger partial charge in [0.2, 0.25) is 11.8 Å². The molecule has 1 aromatic carbocycles. The van der Waals surface area contributed by atoms with Gasteiger partial charge in [0.05, 0.1) is 19.3 Å². The van der Waals surface area contributed by atoms with Crippen LogP contribution >= 0.6 is 0 Å². The zero-order valence-electron chi connectivity index (χ0n) is 17.0. The molecule has 0 unspecified atom stereocenters. The highest BCUT2D eigenvalue weighted by molar-refractivity contribution is 5.89. The monoisotopic (exact) mass is 415 g/mol. The summed E-state index contributed by atoms with van der Waals surface area (Å²) in [5.41, 5.74) is 0.725. The molecule has 0 spiro atoms. The number of rotatable bonds is 5. The number of hydrogen-bond donors (Lipinski definition) is 3. The Labute approximate surface area is 176 Å². The van der Waals surface area contributed by atoms with E-state index in [2.05, 4.69) is 20.9 Å². The number of carbonyl (C=O) groups is 3. The first-order chi connectivity index (χ1) is 14.6. The van der Waals surface area contributed by atoms with Crippen LogP contribution in [0.2, 0.25) is 0 Å². The number of morpholine rings is 1. The van der Waals surface area contributed by atoms with E-state index in [9.17, 15) is 14.4 Å². The molecule has 9 heteroatoms. The van der Waals surface area contributed by atoms with Crippen LogP contribution in [0.15, 0.2) is 30.3 Å². The minimum atomic E-state index is -0.273. The van der Waals surface area contributed by atoms with Crippen molar-refractivity contribution in [2.75, 3.05) is 44.7 Å². The van der Waals surface area contributed by atoms with E-state index in [4.69, 9.17) is 4.74 Å². The number of urea groups is 1. The molecule has 3 atom stereocenters. The molecule has 9 nitrogen and oxygen atoms in total. The van der Waals surface area contributed by atoms with Gasteiger partial charge in [-0.3, -0.25) is 14.5 Å². The molecule has 1 aromatic rings. The third-order valence-electron chi connectivity index (χ3n) is 6.04. The lowest BCUT2D eigenvalue weighted by atomic mass is 10.0. The molecule has 3 fully saturated rings. The maximum atomic E-state index is 12.5. The Morgan fingerprint density at radius 2 is 1.93 bits per heavy atom. The van der Waals surface area contributed by atoms with E-state index in [-0.39, 0.29) is 36.0 Å². The quantitative estimate of drug-likeness (QED) is 0.646. The van der Waals surface area contributed by atoms with Gasteiger partial charge < -0.3 is 25.6 Å². The number of hydrogen-bond acceptors (Lipinski definition) is 5. The van der Waals surface area contributed by atoms with E-state index < -0.39 is 0 Å². The molecular formula is C21H29N5O4. The van der Waals surface area contributed by atoms with Crippen LogP contribution < -0.4 is 16.0 Å². The molecule has 0 aliphatic carbocycles. The van der Waals surface area contributed by atoms with Gasteiger partial charge in [-0.05, 0) is 25.0 Å². The van der Waals surface area contributed by atoms with Gasteiger partial charge in [0.1, 0.15) is 0 Å². The van der Waals surface area contributed by atoms with Crippen molar-refractivity contribution in [3.05, 3.63) is 30.3 Å². The maximum Gasteiger partial charge on any atom is 0.319 e. The molecule has 3 aliphatic rings. The van der Waals surface area contributed by atoms with Crippen molar-refractivity contribution in [2.45, 2.75) is 37.4 Å². The molecule has 3 aliphatic heterocycles. The molecule has 0 bridgehead atoms. The van der Waals surface area contributed by atoms with E-state index in [1.54, 1.807) is 0 Å². The number of nitrogens with one attached hydrogen (secondary N) is 3. The summed E-state index contributed by atoms with van der Waals surface area (Å²) in [5.74, 6) is 0.140. The predicted octanol–water partition coefficient (Wildman–Crippen LogP) is 0.388. The minimum Gasteiger partial charge on any atom is -0.378 e. The summed E-state index contributed by atoms with van der Waals surface area (Å²) >= 11 is 0. The van der Waals surface area contributed by atoms with Gasteiger partial charge in [0.25, 0.3) is 0 Å². The van der Waals surface area contributed by atoms with E-state index in [1.807, 2.05) is 35.2 Å². The highest BCUT2D eigenvalue weighted by Gasteiger charge is 2.43. The molecule has 3 N–H and O–H groups in total. The van der Waals surface area contributed by atoms with Crippen LogP contribution in [-0.2, 0) is 14.3 Å². The zero-order valence-corrected chi connectivity index (χ0v) is 17.0. The second-order valence-electron chi connectivity index (χ2n) is 8.04. The van der Waals surface area contributed by atoms with Gasteiger partial charge in [-0.25, -0.2) is 4.79 Å². The first-order valence-electron chi connectivity index (χ1n) is 10.6. The van der Waals surface area contributed by atoms with E-state index >= 15 is 0 Å². The van der Waals surface area contributed by atoms with Crippen molar-refractivity contribution in [3.63, 3.8) is 0 Å². The van der Waals surface area contributed by atoms with Gasteiger partial charge in [-0.1, -0.05) is 18.2 Å². The molecular weight excluding hydrogens is 386 g/mol. The first kappa shape index (κ1) is 20.6. The molecule has 0 radical (unpaired) electrons. The number of ether oxygens (including phenoxy) is 1. The van der Waals surface area contributed by atoms with Gasteiger partial charge >= 0.3 is 6.03 Å². The highest BCUT2D eigenvalue weighted by atomic mass is 16.5. The van der Waals surface area contributed by atoms with Crippen molar-refractivity contribution < 1.29 is 19.1 Å². The fourth-order valence-electron chi connectivity index (χ4n) is 4.48. The van der Waals surface area contributed by atoms with Crippen LogP contribution in [0, 0.1) is 0 Å². The number of piperazine rings is 1. The zero-order chi connectivity index (χ0) is 20.9. The molecule has 3 saturated heterocycles. The van der Waals surface area contributed by atoms with Crippen LogP contribution in [-0.4, -0.2) is 85.2 Å². The van der Waals surface area contributed by atoms with Crippen LogP contribution in [0.3, 0.4) is 0 Å². The Morgan fingerprint density at radius 3 is 2.70 bits per heavy atom. The first-order valence-corrected chi connectivity index (χ1v) is 10.6. The molecule has 4 rings (SSSR count). The molecule has 162 valence electrons. The van der Waals surface area contributed by atoms with E-state index in [0.717, 1.165) is 5.69 Å². The van der Waals surface area contributed by atoms with Crippen molar-refractivity contribution in [1.82, 2.24) is 20.4 Å². The molecule has 3 heterocycles. The number of amides is 4. The van der Waals surface area contributed by atoms with Crippen molar-refractivity contribution >= 4 is 23.5 Å². The Kier molecular flexibility index (Phi) is 6.49. The molecule has 4 amide bonds. The van der Waals surface area contributed by atoms with Crippen LogP contribution in [0.5, 0.6) is 0 Å². The summed E-state index contributed by atoms with van der Waals surface area (Å²) in [5, 5.41) is 8.77. The van der Waals surface area contributed by atoms with Gasteiger partial charge in [0.15, 0.2) is 0 Å². The van der Waals surface area contributed by atoms with E-state index in [1.165, 1.54) is 0 Å². The van der Waals surface area contributed by atoms with Gasteiger partial charge in [-0.15, -0.1) is 0 Å². The summed E-state index contributed by atoms with van der Waals surface area (Å²) in [4.78, 5) is 41.2. The normalized spacial score (nSPS) is 26.6. The second kappa shape index (κ2) is 9.44. The lowest BCUT2D eigenvalue weighted by Gasteiger charge is -2.37. The van der Waals surface area contributed by atoms with Gasteiger partial charge in [0, 0.05) is 50.4 Å². The predicted molar refractivity (Wildman–Crippen MR) is 111 cm³/mol. The van der Waals surface area contributed by atoms with Crippen molar-refractivity contribution in [2.24, 2.45) is 0 Å². The Morgan fingerprint density at radius 1 is 1.17 bits per heavy atom. The minimum absolute atomic E-state index is 0.00137. The smallest absolute Gasteiger partial charge is 0.319 e. The van der Waals surface area contributed by atoms with E-state index in [0.29, 0.717) is 58.7 Å². The topological polar surface area (TPSA) is 103 Å². The fraction of sp³-hybridized carbons (Fsp3) is 0.571. The standard InChI is InChI=1S/C21H29N5O4/c27-19(25-8-10-30-11-9-25)7-6-17-13-22-20(28)18-12-16(14-26(17)18)24-21(29)23-15-4-2-1-3-5-15/h1-5,16-18H,6-14H2,(H,22,28)(H2,23,24,29)/t16-,17+,18-/m0/s1. The number of carbonyl (C=O) groups excluding carboxylic acids is 3. The number of para-hydroxylation sites is 1. The number of nitrogens with zero attached hydrogens (tertiary/aromatic N) is 2. The fourth-order valence-corrected chi connectivity index (χ4v) is 4.48. The summed E-state index contributed by atoms with van der Waals surface area (Å²) in [6, 6.07) is 8.72. The summed E-state index contributed by atoms with van der Waals surface area (Å²) in [6.07, 6.45) is 1.72. The Balaban J connectivity index is 1.29. The number of anilines is 1. The largest absolute Gasteiger partial charge is 0.378 e. The Hall–Kier alpha value is -2.65. The lowest BCUT2D eigenvalue weighted by molar-refractivity contribution is -0.136. The van der Waals surface area contributed by atoms with Crippen molar-refractivity contribution in [1.29, 1.82) is 0 Å². The maximum absolute atomic E-state index is 12.5. The van der Waals surface area contributed by atoms with Crippen LogP contribution in [0.25, 0.3) is 0 Å². The van der Waals surface area contributed by atoms with Crippen LogP contribution in [0.4, 0.5) is 10.5 Å². The third kappa shape index (κ3) is 4.91. The lowest BCUT2D eigenvalue weighted by Crippen LogP contribution is -2.58. The SMILES string of the molecule is O=C(Nc1ccccc1)N[C@H]1C[C@H]2C(=O)NC[C@@H](CCC(=O)N3CCOCC3)N2C1. The van der Waals surface area contributed by atoms with Crippen LogP contribution in [0.1, 0.15) is 19.3 Å². The molecule has 30 heavy (non-hydrogen) atoms. The Bertz CT molecular complexity index is 768. The highest BCUT2D eigenvalue weighted by Crippen LogP contribution is 2.26. The molecule has 0 aromatic heterocycles. The summed E-state index contributed by atoms with van der Waals surface area (Å²) in [6.45, 7) is 3.63. The average Bonchev–Trinajstić information content (AvgIpc) is 3.19. The molecule has 0 saturated carbocycles. The average molecular weight is 415 g/mol. The summed E-state index contributed by atoms with van der Waals surface area (Å²) in [7, 11) is 0. The van der Waals surface area contributed by atoms with Gasteiger partial charge in [-0.2, -0.15) is 0 Å². The third-order valence-corrected chi connectivity index (χ3v) is 6.04. The number of fused-ring (bicyclic) bond motifs is 1. The second-order valence-corrected chi connectivity index (χ2v) is 8.04. The summed E-state index contributed by atoms with van der Waals surface area (Å²) < 4.78 is 5.30. The van der Waals surface area contributed by atoms with Crippen molar-refractivity contribution in [3.8, 4) is 0 Å². The number of benzene rings is 1.